The molecule has 0 saturated heterocycles. The fourth-order valence-corrected chi connectivity index (χ4v) is 5.95. The summed E-state index contributed by atoms with van der Waals surface area (Å²) in [5.74, 6) is -0.652. The summed E-state index contributed by atoms with van der Waals surface area (Å²) < 4.78 is 11.2. The number of halogens is 2. The largest absolute Gasteiger partial charge is 0.465 e. The predicted octanol–water partition coefficient (Wildman–Crippen LogP) is 8.34. The first-order valence-electron chi connectivity index (χ1n) is 12.0. The van der Waals surface area contributed by atoms with Crippen molar-refractivity contribution in [1.82, 2.24) is 0 Å². The fourth-order valence-electron chi connectivity index (χ4n) is 4.36. The average molecular weight is 551 g/mol. The Bertz CT molecular complexity index is 1420. The number of rotatable bonds is 8. The number of thiophene rings is 1. The standard InChI is InChI=1S/C30H24Cl2O4S/c1-2-35-29(34)30(16-17-30)23-14-12-21(13-15-23)20-8-10-22(11-9-20)26-24(25(31)27(32)37-26)28(33)36-18-19-6-4-3-5-7-19/h3-15H,2,16-18H2,1H3. The molecule has 4 aromatic rings. The molecular weight excluding hydrogens is 527 g/mol. The van der Waals surface area contributed by atoms with Crippen LogP contribution in [0.4, 0.5) is 0 Å². The Labute approximate surface area is 229 Å². The van der Waals surface area contributed by atoms with Gasteiger partial charge in [-0.05, 0) is 47.6 Å². The zero-order valence-corrected chi connectivity index (χ0v) is 22.5. The summed E-state index contributed by atoms with van der Waals surface area (Å²) in [5.41, 5.74) is 4.54. The molecule has 0 unspecified atom stereocenters. The van der Waals surface area contributed by atoms with Gasteiger partial charge in [0.1, 0.15) is 10.9 Å². The van der Waals surface area contributed by atoms with Crippen molar-refractivity contribution in [2.24, 2.45) is 0 Å². The van der Waals surface area contributed by atoms with Crippen molar-refractivity contribution in [3.05, 3.63) is 105 Å². The van der Waals surface area contributed by atoms with Crippen LogP contribution in [0, 0.1) is 0 Å². The summed E-state index contributed by atoms with van der Waals surface area (Å²) in [7, 11) is 0. The second-order valence-electron chi connectivity index (χ2n) is 8.91. The highest BCUT2D eigenvalue weighted by atomic mass is 35.5. The van der Waals surface area contributed by atoms with Gasteiger partial charge in [-0.1, -0.05) is 102 Å². The highest BCUT2D eigenvalue weighted by Gasteiger charge is 2.52. The van der Waals surface area contributed by atoms with Gasteiger partial charge in [0.2, 0.25) is 0 Å². The maximum Gasteiger partial charge on any atom is 0.341 e. The lowest BCUT2D eigenvalue weighted by Crippen LogP contribution is -2.23. The molecule has 37 heavy (non-hydrogen) atoms. The van der Waals surface area contributed by atoms with Gasteiger partial charge in [-0.2, -0.15) is 0 Å². The van der Waals surface area contributed by atoms with Crippen molar-refractivity contribution in [2.75, 3.05) is 6.61 Å². The van der Waals surface area contributed by atoms with Gasteiger partial charge in [-0.15, -0.1) is 11.3 Å². The van der Waals surface area contributed by atoms with E-state index in [1.807, 2.05) is 85.8 Å². The molecule has 0 bridgehead atoms. The molecule has 1 heterocycles. The molecule has 1 aliphatic carbocycles. The van der Waals surface area contributed by atoms with E-state index in [0.717, 1.165) is 40.7 Å². The van der Waals surface area contributed by atoms with Crippen LogP contribution >= 0.6 is 34.5 Å². The van der Waals surface area contributed by atoms with E-state index in [2.05, 4.69) is 0 Å². The van der Waals surface area contributed by atoms with Crippen LogP contribution in [-0.4, -0.2) is 18.5 Å². The summed E-state index contributed by atoms with van der Waals surface area (Å²) in [6.45, 7) is 2.36. The molecular formula is C30H24Cl2O4S. The van der Waals surface area contributed by atoms with Crippen molar-refractivity contribution in [1.29, 1.82) is 0 Å². The van der Waals surface area contributed by atoms with Crippen LogP contribution in [0.5, 0.6) is 0 Å². The summed E-state index contributed by atoms with van der Waals surface area (Å²) in [4.78, 5) is 26.0. The Hall–Kier alpha value is -3.12. The van der Waals surface area contributed by atoms with Crippen molar-refractivity contribution in [3.63, 3.8) is 0 Å². The normalized spacial score (nSPS) is 13.7. The zero-order chi connectivity index (χ0) is 26.0. The van der Waals surface area contributed by atoms with E-state index in [4.69, 9.17) is 32.7 Å². The molecule has 0 aliphatic heterocycles. The Morgan fingerprint density at radius 3 is 2.03 bits per heavy atom. The third-order valence-corrected chi connectivity index (χ3v) is 8.60. The fraction of sp³-hybridized carbons (Fsp3) is 0.200. The van der Waals surface area contributed by atoms with Gasteiger partial charge in [-0.25, -0.2) is 4.79 Å². The van der Waals surface area contributed by atoms with E-state index in [1.54, 1.807) is 0 Å². The molecule has 3 aromatic carbocycles. The van der Waals surface area contributed by atoms with E-state index in [1.165, 1.54) is 11.3 Å². The Balaban J connectivity index is 1.35. The third kappa shape index (κ3) is 5.17. The molecule has 1 aromatic heterocycles. The Morgan fingerprint density at radius 1 is 0.838 bits per heavy atom. The smallest absolute Gasteiger partial charge is 0.341 e. The topological polar surface area (TPSA) is 52.6 Å². The molecule has 0 N–H and O–H groups in total. The van der Waals surface area contributed by atoms with E-state index in [-0.39, 0.29) is 23.2 Å². The van der Waals surface area contributed by atoms with Gasteiger partial charge in [0.15, 0.2) is 0 Å². The van der Waals surface area contributed by atoms with Crippen LogP contribution in [0.25, 0.3) is 21.6 Å². The first-order valence-corrected chi connectivity index (χ1v) is 13.6. The second-order valence-corrected chi connectivity index (χ2v) is 10.9. The average Bonchev–Trinajstić information content (AvgIpc) is 3.69. The maximum absolute atomic E-state index is 13.0. The van der Waals surface area contributed by atoms with Crippen LogP contribution < -0.4 is 0 Å². The lowest BCUT2D eigenvalue weighted by Gasteiger charge is -2.14. The molecule has 1 aliphatic rings. The van der Waals surface area contributed by atoms with Crippen molar-refractivity contribution in [3.8, 4) is 21.6 Å². The highest BCUT2D eigenvalue weighted by Crippen LogP contribution is 2.49. The number of carbonyl (C=O) groups is 2. The number of hydrogen-bond donors (Lipinski definition) is 0. The van der Waals surface area contributed by atoms with Crippen LogP contribution in [-0.2, 0) is 26.3 Å². The van der Waals surface area contributed by atoms with Gasteiger partial charge in [0.05, 0.1) is 27.5 Å². The molecule has 4 nitrogen and oxygen atoms in total. The van der Waals surface area contributed by atoms with E-state index in [9.17, 15) is 9.59 Å². The number of hydrogen-bond acceptors (Lipinski definition) is 5. The number of ether oxygens (including phenoxy) is 2. The zero-order valence-electron chi connectivity index (χ0n) is 20.1. The predicted molar refractivity (Wildman–Crippen MR) is 148 cm³/mol. The van der Waals surface area contributed by atoms with Crippen molar-refractivity contribution >= 4 is 46.5 Å². The summed E-state index contributed by atoms with van der Waals surface area (Å²) >= 11 is 14.0. The number of esters is 2. The molecule has 1 fully saturated rings. The Kier molecular flexibility index (Phi) is 7.38. The van der Waals surface area contributed by atoms with Crippen molar-refractivity contribution in [2.45, 2.75) is 31.8 Å². The minimum Gasteiger partial charge on any atom is -0.465 e. The van der Waals surface area contributed by atoms with E-state index in [0.29, 0.717) is 15.8 Å². The van der Waals surface area contributed by atoms with Crippen LogP contribution in [0.2, 0.25) is 9.36 Å². The minimum absolute atomic E-state index is 0.140. The summed E-state index contributed by atoms with van der Waals surface area (Å²) in [6, 6.07) is 25.4. The lowest BCUT2D eigenvalue weighted by molar-refractivity contribution is -0.146. The summed E-state index contributed by atoms with van der Waals surface area (Å²) in [6.07, 6.45) is 1.64. The second kappa shape index (κ2) is 10.7. The molecule has 0 atom stereocenters. The number of benzene rings is 3. The third-order valence-electron chi connectivity index (χ3n) is 6.56. The molecule has 0 spiro atoms. The molecule has 188 valence electrons. The monoisotopic (exact) mass is 550 g/mol. The molecule has 0 amide bonds. The SMILES string of the molecule is CCOC(=O)C1(c2ccc(-c3ccc(-c4sc(Cl)c(Cl)c4C(=O)OCc4ccccc4)cc3)cc2)CC1. The maximum atomic E-state index is 13.0. The minimum atomic E-state index is -0.512. The van der Waals surface area contributed by atoms with Gasteiger partial charge < -0.3 is 9.47 Å². The van der Waals surface area contributed by atoms with Gasteiger partial charge >= 0.3 is 11.9 Å². The summed E-state index contributed by atoms with van der Waals surface area (Å²) in [5, 5.41) is 0.204. The van der Waals surface area contributed by atoms with Gasteiger partial charge in [-0.3, -0.25) is 4.79 Å². The first kappa shape index (κ1) is 25.5. The van der Waals surface area contributed by atoms with Gasteiger partial charge in [0, 0.05) is 0 Å². The van der Waals surface area contributed by atoms with Crippen LogP contribution in [0.1, 0.15) is 41.3 Å². The van der Waals surface area contributed by atoms with Crippen LogP contribution in [0.3, 0.4) is 0 Å². The highest BCUT2D eigenvalue weighted by molar-refractivity contribution is 7.20. The molecule has 5 rings (SSSR count). The quantitative estimate of drug-likeness (QED) is 0.207. The Morgan fingerprint density at radius 2 is 1.43 bits per heavy atom. The molecule has 7 heteroatoms. The van der Waals surface area contributed by atoms with E-state index >= 15 is 0 Å². The molecule has 1 saturated carbocycles. The first-order chi connectivity index (χ1) is 17.9. The van der Waals surface area contributed by atoms with Gasteiger partial charge in [0.25, 0.3) is 0 Å². The van der Waals surface area contributed by atoms with Crippen molar-refractivity contribution < 1.29 is 19.1 Å². The van der Waals surface area contributed by atoms with E-state index < -0.39 is 11.4 Å². The number of carbonyl (C=O) groups excluding carboxylic acids is 2. The molecule has 0 radical (unpaired) electrons. The van der Waals surface area contributed by atoms with Crippen LogP contribution in [0.15, 0.2) is 78.9 Å². The lowest BCUT2D eigenvalue weighted by atomic mass is 9.93.